The van der Waals surface area contributed by atoms with Gasteiger partial charge in [0.15, 0.2) is 0 Å². The van der Waals surface area contributed by atoms with E-state index in [9.17, 15) is 13.5 Å². The number of methoxy groups -OCH3 is 1. The van der Waals surface area contributed by atoms with Gasteiger partial charge in [-0.25, -0.2) is 8.42 Å². The zero-order valence-corrected chi connectivity index (χ0v) is 14.8. The third-order valence-corrected chi connectivity index (χ3v) is 6.68. The molecule has 1 aliphatic heterocycles. The van der Waals surface area contributed by atoms with E-state index in [1.807, 2.05) is 31.2 Å². The number of nitrogens with zero attached hydrogens (tertiary/aromatic N) is 1. The lowest BCUT2D eigenvalue weighted by Gasteiger charge is -2.36. The Balaban J connectivity index is 1.98. The maximum Gasteiger partial charge on any atom is 0.243 e. The van der Waals surface area contributed by atoms with Crippen LogP contribution in [0.3, 0.4) is 0 Å². The first-order chi connectivity index (χ1) is 11.5. The topological polar surface area (TPSA) is 66.8 Å². The number of aliphatic hydroxyl groups excluding tert-OH is 1. The summed E-state index contributed by atoms with van der Waals surface area (Å²) in [5.74, 6) is 0.745. The molecular formula is C18H23NO4S. The Morgan fingerprint density at radius 1 is 1.21 bits per heavy atom. The summed E-state index contributed by atoms with van der Waals surface area (Å²) in [4.78, 5) is 0.301. The average molecular weight is 349 g/mol. The molecule has 3 rings (SSSR count). The van der Waals surface area contributed by atoms with Crippen molar-refractivity contribution >= 4 is 20.8 Å². The van der Waals surface area contributed by atoms with Gasteiger partial charge in [0, 0.05) is 12.6 Å². The van der Waals surface area contributed by atoms with Gasteiger partial charge in [-0.05, 0) is 54.3 Å². The number of piperidine rings is 1. The average Bonchev–Trinajstić information content (AvgIpc) is 2.60. The maximum atomic E-state index is 13.0. The third kappa shape index (κ3) is 3.14. The van der Waals surface area contributed by atoms with Gasteiger partial charge in [-0.15, -0.1) is 0 Å². The van der Waals surface area contributed by atoms with Crippen LogP contribution in [0, 0.1) is 0 Å². The van der Waals surface area contributed by atoms with Crippen LogP contribution in [0.25, 0.3) is 10.8 Å². The van der Waals surface area contributed by atoms with Crippen molar-refractivity contribution in [3.05, 3.63) is 36.4 Å². The van der Waals surface area contributed by atoms with E-state index in [2.05, 4.69) is 0 Å². The third-order valence-electron chi connectivity index (χ3n) is 4.73. The molecule has 0 amide bonds. The zero-order chi connectivity index (χ0) is 17.3. The van der Waals surface area contributed by atoms with Crippen molar-refractivity contribution in [1.29, 1.82) is 0 Å². The Labute approximate surface area is 142 Å². The summed E-state index contributed by atoms with van der Waals surface area (Å²) in [6, 6.07) is 10.6. The predicted octanol–water partition coefficient (Wildman–Crippen LogP) is 2.77. The first-order valence-corrected chi connectivity index (χ1v) is 9.67. The molecule has 1 aliphatic rings. The highest BCUT2D eigenvalue weighted by molar-refractivity contribution is 7.89. The largest absolute Gasteiger partial charge is 0.497 e. The van der Waals surface area contributed by atoms with Crippen LogP contribution < -0.4 is 4.74 Å². The first kappa shape index (κ1) is 17.2. The number of rotatable bonds is 4. The van der Waals surface area contributed by atoms with Crippen LogP contribution in [0.1, 0.15) is 26.2 Å². The lowest BCUT2D eigenvalue weighted by molar-refractivity contribution is 0.0797. The van der Waals surface area contributed by atoms with E-state index in [0.29, 0.717) is 30.7 Å². The van der Waals surface area contributed by atoms with E-state index in [4.69, 9.17) is 4.74 Å². The fraction of sp³-hybridized carbons (Fsp3) is 0.444. The molecule has 0 aliphatic carbocycles. The van der Waals surface area contributed by atoms with Crippen molar-refractivity contribution in [2.45, 2.75) is 43.2 Å². The van der Waals surface area contributed by atoms with Crippen LogP contribution in [-0.2, 0) is 10.0 Å². The lowest BCUT2D eigenvalue weighted by Crippen LogP contribution is -2.47. The molecule has 1 fully saturated rings. The van der Waals surface area contributed by atoms with Gasteiger partial charge in [0.2, 0.25) is 10.0 Å². The Hall–Kier alpha value is -1.63. The Bertz CT molecular complexity index is 834. The SMILES string of the molecule is CC[C@H]1C[C@@H](O)CCN1S(=O)(=O)c1ccc2cc(OC)ccc2c1. The molecule has 0 aromatic heterocycles. The summed E-state index contributed by atoms with van der Waals surface area (Å²) < 4.78 is 32.8. The van der Waals surface area contributed by atoms with Crippen LogP contribution in [0.15, 0.2) is 41.3 Å². The molecule has 130 valence electrons. The van der Waals surface area contributed by atoms with Crippen molar-refractivity contribution in [1.82, 2.24) is 4.31 Å². The fourth-order valence-corrected chi connectivity index (χ4v) is 5.08. The number of hydrogen-bond donors (Lipinski definition) is 1. The number of sulfonamides is 1. The van der Waals surface area contributed by atoms with Gasteiger partial charge in [0.25, 0.3) is 0 Å². The van der Waals surface area contributed by atoms with Crippen molar-refractivity contribution < 1.29 is 18.3 Å². The van der Waals surface area contributed by atoms with Crippen LogP contribution >= 0.6 is 0 Å². The van der Waals surface area contributed by atoms with E-state index >= 15 is 0 Å². The molecule has 24 heavy (non-hydrogen) atoms. The van der Waals surface area contributed by atoms with Gasteiger partial charge >= 0.3 is 0 Å². The molecule has 1 N–H and O–H groups in total. The minimum Gasteiger partial charge on any atom is -0.497 e. The van der Waals surface area contributed by atoms with Crippen LogP contribution in [0.4, 0.5) is 0 Å². The zero-order valence-electron chi connectivity index (χ0n) is 14.0. The molecule has 2 atom stereocenters. The second kappa shape index (κ2) is 6.70. The maximum absolute atomic E-state index is 13.0. The molecule has 6 heteroatoms. The molecule has 5 nitrogen and oxygen atoms in total. The van der Waals surface area contributed by atoms with E-state index in [0.717, 1.165) is 16.5 Å². The smallest absolute Gasteiger partial charge is 0.243 e. The molecule has 0 radical (unpaired) electrons. The van der Waals surface area contributed by atoms with E-state index in [1.54, 1.807) is 23.5 Å². The summed E-state index contributed by atoms with van der Waals surface area (Å²) >= 11 is 0. The van der Waals surface area contributed by atoms with Crippen molar-refractivity contribution in [2.24, 2.45) is 0 Å². The van der Waals surface area contributed by atoms with Gasteiger partial charge in [0.1, 0.15) is 5.75 Å². The highest BCUT2D eigenvalue weighted by Gasteiger charge is 2.35. The Morgan fingerprint density at radius 2 is 1.92 bits per heavy atom. The van der Waals surface area contributed by atoms with E-state index < -0.39 is 16.1 Å². The quantitative estimate of drug-likeness (QED) is 0.922. The first-order valence-electron chi connectivity index (χ1n) is 8.23. The van der Waals surface area contributed by atoms with Gasteiger partial charge in [-0.2, -0.15) is 4.31 Å². The highest BCUT2D eigenvalue weighted by Crippen LogP contribution is 2.29. The second-order valence-corrected chi connectivity index (χ2v) is 8.12. The highest BCUT2D eigenvalue weighted by atomic mass is 32.2. The fourth-order valence-electron chi connectivity index (χ4n) is 3.32. The molecule has 0 saturated carbocycles. The lowest BCUT2D eigenvalue weighted by atomic mass is 10.0. The molecule has 2 aromatic carbocycles. The standard InChI is InChI=1S/C18H23NO4S/c1-3-15-12-16(20)8-9-19(15)24(21,22)18-7-5-13-10-17(23-2)6-4-14(13)11-18/h4-7,10-11,15-16,20H,3,8-9,12H2,1-2H3/t15-,16-/m0/s1. The normalized spacial score (nSPS) is 22.6. The molecule has 0 spiro atoms. The van der Waals surface area contributed by atoms with Gasteiger partial charge < -0.3 is 9.84 Å². The second-order valence-electron chi connectivity index (χ2n) is 6.23. The van der Waals surface area contributed by atoms with Crippen molar-refractivity contribution in [3.8, 4) is 5.75 Å². The molecule has 1 heterocycles. The van der Waals surface area contributed by atoms with Crippen LogP contribution in [0.5, 0.6) is 5.75 Å². The summed E-state index contributed by atoms with van der Waals surface area (Å²) in [6.45, 7) is 2.32. The van der Waals surface area contributed by atoms with Gasteiger partial charge in [0.05, 0.1) is 18.1 Å². The number of ether oxygens (including phenoxy) is 1. The molecule has 1 saturated heterocycles. The van der Waals surface area contributed by atoms with Crippen LogP contribution in [-0.4, -0.2) is 43.6 Å². The monoisotopic (exact) mass is 349 g/mol. The summed E-state index contributed by atoms with van der Waals surface area (Å²) in [6.07, 6.45) is 1.27. The molecular weight excluding hydrogens is 326 g/mol. The minimum atomic E-state index is -3.56. The molecule has 0 unspecified atom stereocenters. The number of benzene rings is 2. The molecule has 2 aromatic rings. The Kier molecular flexibility index (Phi) is 4.80. The minimum absolute atomic E-state index is 0.148. The molecule has 0 bridgehead atoms. The van der Waals surface area contributed by atoms with Gasteiger partial charge in [-0.3, -0.25) is 0 Å². The number of fused-ring (bicyclic) bond motifs is 1. The summed E-state index contributed by atoms with van der Waals surface area (Å²) in [7, 11) is -1.96. The van der Waals surface area contributed by atoms with Crippen molar-refractivity contribution in [3.63, 3.8) is 0 Å². The number of hydrogen-bond acceptors (Lipinski definition) is 4. The van der Waals surface area contributed by atoms with Crippen LogP contribution in [0.2, 0.25) is 0 Å². The van der Waals surface area contributed by atoms with E-state index in [-0.39, 0.29) is 6.04 Å². The van der Waals surface area contributed by atoms with Crippen molar-refractivity contribution in [2.75, 3.05) is 13.7 Å². The number of aliphatic hydroxyl groups is 1. The van der Waals surface area contributed by atoms with Gasteiger partial charge in [-0.1, -0.05) is 19.1 Å². The Morgan fingerprint density at radius 3 is 2.62 bits per heavy atom. The van der Waals surface area contributed by atoms with E-state index in [1.165, 1.54) is 0 Å². The summed E-state index contributed by atoms with van der Waals surface area (Å²) in [5, 5.41) is 11.6. The predicted molar refractivity (Wildman–Crippen MR) is 93.7 cm³/mol. The summed E-state index contributed by atoms with van der Waals surface area (Å²) in [5.41, 5.74) is 0.